The van der Waals surface area contributed by atoms with Gasteiger partial charge in [-0.25, -0.2) is 0 Å². The summed E-state index contributed by atoms with van der Waals surface area (Å²) >= 11 is 0. The maximum absolute atomic E-state index is 12.8. The van der Waals surface area contributed by atoms with Crippen LogP contribution in [0.2, 0.25) is 0 Å². The van der Waals surface area contributed by atoms with Gasteiger partial charge in [0.05, 0.1) is 12.7 Å². The van der Waals surface area contributed by atoms with E-state index >= 15 is 0 Å². The van der Waals surface area contributed by atoms with Gasteiger partial charge in [-0.15, -0.1) is 0 Å². The summed E-state index contributed by atoms with van der Waals surface area (Å²) in [6.45, 7) is 0. The van der Waals surface area contributed by atoms with Crippen molar-refractivity contribution >= 4 is 0 Å². The summed E-state index contributed by atoms with van der Waals surface area (Å²) < 4.78 is 43.1. The molecule has 1 aromatic rings. The molecule has 2 nitrogen and oxygen atoms in total. The second kappa shape index (κ2) is 3.91. The van der Waals surface area contributed by atoms with Gasteiger partial charge in [-0.1, -0.05) is 6.07 Å². The van der Waals surface area contributed by atoms with Crippen LogP contribution in [0, 0.1) is 0 Å². The number of hydrogen-bond donors (Lipinski definition) is 1. The zero-order valence-electron chi connectivity index (χ0n) is 9.47. The van der Waals surface area contributed by atoms with Crippen molar-refractivity contribution in [2.45, 2.75) is 31.0 Å². The van der Waals surface area contributed by atoms with Crippen molar-refractivity contribution in [1.29, 1.82) is 0 Å². The Balaban J connectivity index is 2.45. The Kier molecular flexibility index (Phi) is 2.81. The molecule has 17 heavy (non-hydrogen) atoms. The lowest BCUT2D eigenvalue weighted by molar-refractivity contribution is -0.138. The van der Waals surface area contributed by atoms with Gasteiger partial charge in [-0.05, 0) is 37.0 Å². The van der Waals surface area contributed by atoms with E-state index in [1.165, 1.54) is 13.2 Å². The number of benzene rings is 1. The molecule has 0 heterocycles. The summed E-state index contributed by atoms with van der Waals surface area (Å²) in [5.41, 5.74) is 5.21. The first kappa shape index (κ1) is 12.2. The number of halogens is 3. The van der Waals surface area contributed by atoms with Crippen LogP contribution >= 0.6 is 0 Å². The highest BCUT2D eigenvalue weighted by Gasteiger charge is 2.39. The monoisotopic (exact) mass is 245 g/mol. The molecule has 0 amide bonds. The summed E-state index contributed by atoms with van der Waals surface area (Å²) in [7, 11) is 1.23. The van der Waals surface area contributed by atoms with Crippen LogP contribution in [0.5, 0.6) is 5.75 Å². The van der Waals surface area contributed by atoms with Crippen LogP contribution in [0.1, 0.15) is 30.4 Å². The molecular weight excluding hydrogens is 231 g/mol. The Morgan fingerprint density at radius 1 is 1.29 bits per heavy atom. The lowest BCUT2D eigenvalue weighted by Gasteiger charge is -2.39. The van der Waals surface area contributed by atoms with Crippen LogP contribution in [-0.2, 0) is 11.7 Å². The minimum Gasteiger partial charge on any atom is -0.496 e. The Morgan fingerprint density at radius 2 is 1.94 bits per heavy atom. The van der Waals surface area contributed by atoms with Crippen LogP contribution in [0.25, 0.3) is 0 Å². The quantitative estimate of drug-likeness (QED) is 0.869. The van der Waals surface area contributed by atoms with E-state index in [0.29, 0.717) is 5.56 Å². The molecule has 0 unspecified atom stereocenters. The summed E-state index contributed by atoms with van der Waals surface area (Å²) in [6.07, 6.45) is -1.99. The molecule has 1 aromatic carbocycles. The summed E-state index contributed by atoms with van der Waals surface area (Å²) in [6, 6.07) is 4.07. The molecule has 0 bridgehead atoms. The zero-order valence-corrected chi connectivity index (χ0v) is 9.47. The smallest absolute Gasteiger partial charge is 0.419 e. The van der Waals surface area contributed by atoms with Crippen LogP contribution in [0.15, 0.2) is 18.2 Å². The molecule has 1 fully saturated rings. The standard InChI is InChI=1S/C12H14F3NO/c1-17-10-4-3-8(11(16)5-2-6-11)7-9(10)12(13,14)15/h3-4,7H,2,5-6,16H2,1H3. The van der Waals surface area contributed by atoms with Gasteiger partial charge in [-0.3, -0.25) is 0 Å². The van der Waals surface area contributed by atoms with E-state index in [2.05, 4.69) is 0 Å². The van der Waals surface area contributed by atoms with Gasteiger partial charge in [0.25, 0.3) is 0 Å². The molecule has 1 aliphatic rings. The Hall–Kier alpha value is -1.23. The van der Waals surface area contributed by atoms with Crippen LogP contribution < -0.4 is 10.5 Å². The van der Waals surface area contributed by atoms with Crippen molar-refractivity contribution in [3.05, 3.63) is 29.3 Å². The molecule has 0 spiro atoms. The van der Waals surface area contributed by atoms with Gasteiger partial charge in [0.2, 0.25) is 0 Å². The molecule has 94 valence electrons. The lowest BCUT2D eigenvalue weighted by Crippen LogP contribution is -2.43. The molecule has 0 saturated heterocycles. The van der Waals surface area contributed by atoms with Crippen molar-refractivity contribution in [1.82, 2.24) is 0 Å². The summed E-state index contributed by atoms with van der Waals surface area (Å²) in [4.78, 5) is 0. The maximum atomic E-state index is 12.8. The molecule has 0 radical (unpaired) electrons. The first-order valence-corrected chi connectivity index (χ1v) is 5.41. The van der Waals surface area contributed by atoms with E-state index in [1.54, 1.807) is 6.07 Å². The van der Waals surface area contributed by atoms with Gasteiger partial charge in [0, 0.05) is 5.54 Å². The molecule has 0 atom stereocenters. The van der Waals surface area contributed by atoms with Crippen molar-refractivity contribution < 1.29 is 17.9 Å². The molecule has 0 aromatic heterocycles. The topological polar surface area (TPSA) is 35.2 Å². The van der Waals surface area contributed by atoms with E-state index < -0.39 is 17.3 Å². The van der Waals surface area contributed by atoms with Gasteiger partial charge in [0.1, 0.15) is 5.75 Å². The van der Waals surface area contributed by atoms with E-state index in [0.717, 1.165) is 25.3 Å². The van der Waals surface area contributed by atoms with Crippen LogP contribution in [0.3, 0.4) is 0 Å². The SMILES string of the molecule is COc1ccc(C2(N)CCC2)cc1C(F)(F)F. The zero-order chi connectivity index (χ0) is 12.7. The molecular formula is C12H14F3NO. The second-order valence-electron chi connectivity index (χ2n) is 4.42. The third kappa shape index (κ3) is 2.11. The molecule has 2 rings (SSSR count). The normalized spacial score (nSPS) is 18.6. The highest BCUT2D eigenvalue weighted by atomic mass is 19.4. The van der Waals surface area contributed by atoms with Crippen molar-refractivity contribution in [2.24, 2.45) is 5.73 Å². The number of nitrogens with two attached hydrogens (primary N) is 1. The first-order valence-electron chi connectivity index (χ1n) is 5.41. The van der Waals surface area contributed by atoms with Crippen LogP contribution in [0.4, 0.5) is 13.2 Å². The first-order chi connectivity index (χ1) is 7.87. The molecule has 5 heteroatoms. The minimum atomic E-state index is -4.42. The van der Waals surface area contributed by atoms with Crippen molar-refractivity contribution in [2.75, 3.05) is 7.11 Å². The van der Waals surface area contributed by atoms with Crippen LogP contribution in [-0.4, -0.2) is 7.11 Å². The third-order valence-corrected chi connectivity index (χ3v) is 3.33. The van der Waals surface area contributed by atoms with E-state index in [1.807, 2.05) is 0 Å². The van der Waals surface area contributed by atoms with Gasteiger partial charge in [-0.2, -0.15) is 13.2 Å². The summed E-state index contributed by atoms with van der Waals surface area (Å²) in [5, 5.41) is 0. The van der Waals surface area contributed by atoms with Crippen molar-refractivity contribution in [3.63, 3.8) is 0 Å². The fraction of sp³-hybridized carbons (Fsp3) is 0.500. The maximum Gasteiger partial charge on any atom is 0.419 e. The highest BCUT2D eigenvalue weighted by molar-refractivity contribution is 5.42. The average molecular weight is 245 g/mol. The Labute approximate surface area is 97.6 Å². The molecule has 2 N–H and O–H groups in total. The Morgan fingerprint density at radius 3 is 2.35 bits per heavy atom. The van der Waals surface area contributed by atoms with E-state index in [9.17, 15) is 13.2 Å². The largest absolute Gasteiger partial charge is 0.496 e. The lowest BCUT2D eigenvalue weighted by atomic mass is 9.72. The predicted molar refractivity (Wildman–Crippen MR) is 57.7 cm³/mol. The molecule has 1 aliphatic carbocycles. The molecule has 1 saturated carbocycles. The number of alkyl halides is 3. The fourth-order valence-electron chi connectivity index (χ4n) is 2.09. The van der Waals surface area contributed by atoms with Gasteiger partial charge in [0.15, 0.2) is 0 Å². The highest BCUT2D eigenvalue weighted by Crippen LogP contribution is 2.43. The third-order valence-electron chi connectivity index (χ3n) is 3.33. The number of ether oxygens (including phenoxy) is 1. The fourth-order valence-corrected chi connectivity index (χ4v) is 2.09. The van der Waals surface area contributed by atoms with E-state index in [4.69, 9.17) is 10.5 Å². The average Bonchev–Trinajstić information content (AvgIpc) is 2.24. The van der Waals surface area contributed by atoms with Gasteiger partial charge < -0.3 is 10.5 Å². The number of hydrogen-bond acceptors (Lipinski definition) is 2. The second-order valence-corrected chi connectivity index (χ2v) is 4.42. The summed E-state index contributed by atoms with van der Waals surface area (Å²) in [5.74, 6) is -0.163. The van der Waals surface area contributed by atoms with E-state index in [-0.39, 0.29) is 5.75 Å². The molecule has 0 aliphatic heterocycles. The predicted octanol–water partition coefficient (Wildman–Crippen LogP) is 3.05. The number of methoxy groups -OCH3 is 1. The van der Waals surface area contributed by atoms with Gasteiger partial charge >= 0.3 is 6.18 Å². The Bertz CT molecular complexity index is 424. The van der Waals surface area contributed by atoms with Crippen molar-refractivity contribution in [3.8, 4) is 5.75 Å². The number of rotatable bonds is 2. The minimum absolute atomic E-state index is 0.163.